The van der Waals surface area contributed by atoms with Gasteiger partial charge >= 0.3 is 0 Å². The van der Waals surface area contributed by atoms with Crippen LogP contribution in [0.4, 0.5) is 4.39 Å². The van der Waals surface area contributed by atoms with Crippen LogP contribution in [-0.2, 0) is 6.42 Å². The van der Waals surface area contributed by atoms with E-state index in [4.69, 9.17) is 23.8 Å². The average Bonchev–Trinajstić information content (AvgIpc) is 2.58. The Balaban J connectivity index is 1.87. The second kappa shape index (κ2) is 9.70. The molecule has 134 valence electrons. The lowest BCUT2D eigenvalue weighted by Gasteiger charge is -2.24. The van der Waals surface area contributed by atoms with E-state index >= 15 is 0 Å². The Morgan fingerprint density at radius 2 is 1.84 bits per heavy atom. The molecular weight excluding hydrogens is 357 g/mol. The highest BCUT2D eigenvalue weighted by molar-refractivity contribution is 7.80. The van der Waals surface area contributed by atoms with Crippen molar-refractivity contribution in [1.82, 2.24) is 10.6 Å². The van der Waals surface area contributed by atoms with E-state index in [9.17, 15) is 4.39 Å². The summed E-state index contributed by atoms with van der Waals surface area (Å²) in [7, 11) is 3.95. The van der Waals surface area contributed by atoms with Crippen molar-refractivity contribution in [1.29, 1.82) is 0 Å². The van der Waals surface area contributed by atoms with Gasteiger partial charge in [-0.15, -0.1) is 0 Å². The molecule has 3 N–H and O–H groups in total. The molecule has 0 aliphatic heterocycles. The van der Waals surface area contributed by atoms with Crippen LogP contribution in [0.15, 0.2) is 48.5 Å². The van der Waals surface area contributed by atoms with Gasteiger partial charge in [-0.1, -0.05) is 48.0 Å². The summed E-state index contributed by atoms with van der Waals surface area (Å²) in [5, 5.41) is 7.37. The topological polar surface area (TPSA) is 28.5 Å². The second-order valence-electron chi connectivity index (χ2n) is 6.14. The quantitative estimate of drug-likeness (QED) is 0.644. The lowest BCUT2D eigenvalue weighted by atomic mass is 10.1. The first-order chi connectivity index (χ1) is 12.0. The molecule has 25 heavy (non-hydrogen) atoms. The third-order valence-corrected chi connectivity index (χ3v) is 4.67. The molecule has 2 aromatic carbocycles. The first-order valence-electron chi connectivity index (χ1n) is 8.28. The summed E-state index contributed by atoms with van der Waals surface area (Å²) in [4.78, 5) is 1.08. The molecule has 0 aliphatic carbocycles. The third-order valence-electron chi connectivity index (χ3n) is 4.05. The van der Waals surface area contributed by atoms with Crippen LogP contribution < -0.4 is 15.5 Å². The lowest BCUT2D eigenvalue weighted by Crippen LogP contribution is -3.07. The maximum absolute atomic E-state index is 14.2. The van der Waals surface area contributed by atoms with Crippen molar-refractivity contribution in [2.45, 2.75) is 12.5 Å². The Morgan fingerprint density at radius 1 is 1.12 bits per heavy atom. The summed E-state index contributed by atoms with van der Waals surface area (Å²) in [6, 6.07) is 14.9. The molecule has 2 aromatic rings. The van der Waals surface area contributed by atoms with Gasteiger partial charge < -0.3 is 15.5 Å². The van der Waals surface area contributed by atoms with E-state index in [1.54, 1.807) is 12.1 Å². The van der Waals surface area contributed by atoms with Gasteiger partial charge in [0.2, 0.25) is 0 Å². The molecule has 0 saturated carbocycles. The number of likely N-dealkylation sites (N-methyl/N-ethyl adjacent to an activating group) is 1. The smallest absolute Gasteiger partial charge is 0.166 e. The SMILES string of the molecule is C[NH+](C)[C@H](CNC(=S)NCCc1ccccc1)c1c(F)cccc1Cl. The molecule has 0 bridgehead atoms. The Labute approximate surface area is 159 Å². The van der Waals surface area contributed by atoms with E-state index in [1.165, 1.54) is 11.6 Å². The number of hydrogen-bond acceptors (Lipinski definition) is 1. The molecular formula is C19H24ClFN3S+. The number of rotatable bonds is 7. The summed E-state index contributed by atoms with van der Waals surface area (Å²) in [6.07, 6.45) is 0.893. The van der Waals surface area contributed by atoms with Crippen molar-refractivity contribution < 1.29 is 9.29 Å². The van der Waals surface area contributed by atoms with Gasteiger partial charge in [0, 0.05) is 6.54 Å². The van der Waals surface area contributed by atoms with Crippen LogP contribution in [0.3, 0.4) is 0 Å². The van der Waals surface area contributed by atoms with Crippen LogP contribution in [0.25, 0.3) is 0 Å². The van der Waals surface area contributed by atoms with Crippen LogP contribution in [-0.4, -0.2) is 32.3 Å². The second-order valence-corrected chi connectivity index (χ2v) is 6.95. The highest BCUT2D eigenvalue weighted by atomic mass is 35.5. The van der Waals surface area contributed by atoms with Gasteiger partial charge in [-0.2, -0.15) is 0 Å². The molecule has 0 fully saturated rings. The van der Waals surface area contributed by atoms with E-state index in [1.807, 2.05) is 32.3 Å². The minimum atomic E-state index is -0.288. The first-order valence-corrected chi connectivity index (χ1v) is 9.07. The normalized spacial score (nSPS) is 12.0. The van der Waals surface area contributed by atoms with Crippen molar-refractivity contribution in [3.8, 4) is 0 Å². The number of hydrogen-bond donors (Lipinski definition) is 3. The van der Waals surface area contributed by atoms with Crippen LogP contribution in [0.1, 0.15) is 17.2 Å². The fourth-order valence-corrected chi connectivity index (χ4v) is 3.14. The van der Waals surface area contributed by atoms with Gasteiger partial charge in [0.1, 0.15) is 11.9 Å². The molecule has 0 amide bonds. The van der Waals surface area contributed by atoms with Crippen LogP contribution in [0, 0.1) is 5.82 Å². The van der Waals surface area contributed by atoms with E-state index in [0.29, 0.717) is 22.2 Å². The predicted octanol–water partition coefficient (Wildman–Crippen LogP) is 2.37. The molecule has 0 saturated heterocycles. The molecule has 6 heteroatoms. The minimum Gasteiger partial charge on any atom is -0.362 e. The molecule has 1 atom stereocenters. The van der Waals surface area contributed by atoms with Gasteiger partial charge in [-0.3, -0.25) is 0 Å². The highest BCUT2D eigenvalue weighted by Gasteiger charge is 2.24. The Hall–Kier alpha value is -1.69. The fraction of sp³-hybridized carbons (Fsp3) is 0.316. The zero-order chi connectivity index (χ0) is 18.2. The molecule has 0 spiro atoms. The van der Waals surface area contributed by atoms with Gasteiger partial charge in [0.25, 0.3) is 0 Å². The molecule has 0 heterocycles. The summed E-state index contributed by atoms with van der Waals surface area (Å²) in [5.74, 6) is -0.288. The molecule has 0 aromatic heterocycles. The van der Waals surface area contributed by atoms with Crippen molar-refractivity contribution >= 4 is 28.9 Å². The molecule has 3 nitrogen and oxygen atoms in total. The van der Waals surface area contributed by atoms with E-state index in [2.05, 4.69) is 22.8 Å². The molecule has 2 rings (SSSR count). The van der Waals surface area contributed by atoms with Crippen LogP contribution in [0.2, 0.25) is 5.02 Å². The van der Waals surface area contributed by atoms with Crippen LogP contribution in [0.5, 0.6) is 0 Å². The summed E-state index contributed by atoms with van der Waals surface area (Å²) >= 11 is 11.5. The van der Waals surface area contributed by atoms with E-state index in [0.717, 1.165) is 17.9 Å². The first kappa shape index (κ1) is 19.6. The fourth-order valence-electron chi connectivity index (χ4n) is 2.66. The standard InChI is InChI=1S/C19H23ClFN3S/c1-24(2)17(18-15(20)9-6-10-16(18)21)13-23-19(25)22-12-11-14-7-4-3-5-8-14/h3-10,17H,11-13H2,1-2H3,(H2,22,23,25)/p+1/t17-/m1/s1. The lowest BCUT2D eigenvalue weighted by molar-refractivity contribution is -0.890. The largest absolute Gasteiger partial charge is 0.362 e. The monoisotopic (exact) mass is 380 g/mol. The number of benzene rings is 2. The Bertz CT molecular complexity index is 674. The van der Waals surface area contributed by atoms with Crippen molar-refractivity contribution in [2.24, 2.45) is 0 Å². The van der Waals surface area contributed by atoms with Gasteiger partial charge in [0.15, 0.2) is 5.11 Å². The minimum absolute atomic E-state index is 0.137. The number of halogens is 2. The van der Waals surface area contributed by atoms with Crippen LogP contribution >= 0.6 is 23.8 Å². The van der Waals surface area contributed by atoms with Gasteiger partial charge in [-0.25, -0.2) is 4.39 Å². The molecule has 0 unspecified atom stereocenters. The Morgan fingerprint density at radius 3 is 2.48 bits per heavy atom. The van der Waals surface area contributed by atoms with Crippen molar-refractivity contribution in [3.63, 3.8) is 0 Å². The number of quaternary nitrogens is 1. The summed E-state index contributed by atoms with van der Waals surface area (Å²) in [6.45, 7) is 1.25. The summed E-state index contributed by atoms with van der Waals surface area (Å²) in [5.41, 5.74) is 1.77. The number of thiocarbonyl (C=S) groups is 1. The Kier molecular flexibility index (Phi) is 7.62. The highest BCUT2D eigenvalue weighted by Crippen LogP contribution is 2.23. The van der Waals surface area contributed by atoms with Gasteiger partial charge in [-0.05, 0) is 36.3 Å². The average molecular weight is 381 g/mol. The van der Waals surface area contributed by atoms with E-state index in [-0.39, 0.29) is 11.9 Å². The van der Waals surface area contributed by atoms with E-state index < -0.39 is 0 Å². The zero-order valence-corrected chi connectivity index (χ0v) is 16.1. The van der Waals surface area contributed by atoms with Gasteiger partial charge in [0.05, 0.1) is 31.2 Å². The third kappa shape index (κ3) is 5.96. The molecule has 0 radical (unpaired) electrons. The number of nitrogens with one attached hydrogen (secondary N) is 3. The summed E-state index contributed by atoms with van der Waals surface area (Å²) < 4.78 is 14.2. The van der Waals surface area contributed by atoms with Crippen molar-refractivity contribution in [2.75, 3.05) is 27.2 Å². The zero-order valence-electron chi connectivity index (χ0n) is 14.5. The maximum atomic E-state index is 14.2. The van der Waals surface area contributed by atoms with Crippen molar-refractivity contribution in [3.05, 3.63) is 70.5 Å². The molecule has 0 aliphatic rings. The predicted molar refractivity (Wildman–Crippen MR) is 106 cm³/mol. The maximum Gasteiger partial charge on any atom is 0.166 e.